The first-order valence-corrected chi connectivity index (χ1v) is 7.48. The standard InChI is InChI=1S/C8H10BrNO3S2/c9-7-1-2-8(14-7)15(12,13)10-4-3-6(11)5-10/h1-2,6,11H,3-5H2. The van der Waals surface area contributed by atoms with Gasteiger partial charge >= 0.3 is 0 Å². The molecule has 1 aliphatic heterocycles. The number of hydrogen-bond acceptors (Lipinski definition) is 4. The van der Waals surface area contributed by atoms with Gasteiger partial charge in [-0.05, 0) is 34.5 Å². The molecule has 1 fully saturated rings. The van der Waals surface area contributed by atoms with Crippen LogP contribution in [-0.2, 0) is 10.0 Å². The first kappa shape index (κ1) is 11.5. The summed E-state index contributed by atoms with van der Waals surface area (Å²) in [5, 5.41) is 9.30. The van der Waals surface area contributed by atoms with Gasteiger partial charge in [-0.3, -0.25) is 0 Å². The molecular formula is C8H10BrNO3S2. The number of halogens is 1. The molecule has 1 unspecified atom stereocenters. The molecule has 0 bridgehead atoms. The largest absolute Gasteiger partial charge is 0.392 e. The molecule has 0 aliphatic carbocycles. The number of hydrogen-bond donors (Lipinski definition) is 1. The van der Waals surface area contributed by atoms with Crippen molar-refractivity contribution < 1.29 is 13.5 Å². The van der Waals surface area contributed by atoms with E-state index in [1.807, 2.05) is 0 Å². The fourth-order valence-electron chi connectivity index (χ4n) is 1.49. The van der Waals surface area contributed by atoms with Crippen LogP contribution in [-0.4, -0.2) is 37.0 Å². The summed E-state index contributed by atoms with van der Waals surface area (Å²) < 4.78 is 26.4. The average Bonchev–Trinajstić information content (AvgIpc) is 2.74. The lowest BCUT2D eigenvalue weighted by molar-refractivity contribution is 0.189. The van der Waals surface area contributed by atoms with E-state index in [0.29, 0.717) is 17.2 Å². The van der Waals surface area contributed by atoms with Gasteiger partial charge in [0, 0.05) is 13.1 Å². The maximum absolute atomic E-state index is 12.0. The van der Waals surface area contributed by atoms with Crippen LogP contribution < -0.4 is 0 Å². The summed E-state index contributed by atoms with van der Waals surface area (Å²) in [7, 11) is -3.39. The third-order valence-electron chi connectivity index (χ3n) is 2.27. The van der Waals surface area contributed by atoms with Crippen LogP contribution in [0.3, 0.4) is 0 Å². The molecule has 1 atom stereocenters. The van der Waals surface area contributed by atoms with Crippen LogP contribution in [0.1, 0.15) is 6.42 Å². The lowest BCUT2D eigenvalue weighted by Gasteiger charge is -2.13. The topological polar surface area (TPSA) is 57.6 Å². The molecule has 1 N–H and O–H groups in total. The third kappa shape index (κ3) is 2.26. The Bertz CT molecular complexity index is 456. The average molecular weight is 312 g/mol. The molecule has 1 aliphatic rings. The number of aliphatic hydroxyl groups is 1. The second kappa shape index (κ2) is 4.14. The van der Waals surface area contributed by atoms with Gasteiger partial charge in [-0.2, -0.15) is 4.31 Å². The summed E-state index contributed by atoms with van der Waals surface area (Å²) >= 11 is 4.42. The minimum absolute atomic E-state index is 0.206. The number of aliphatic hydroxyl groups excluding tert-OH is 1. The van der Waals surface area contributed by atoms with Crippen molar-refractivity contribution in [2.75, 3.05) is 13.1 Å². The van der Waals surface area contributed by atoms with E-state index in [9.17, 15) is 13.5 Å². The normalized spacial score (nSPS) is 23.5. The van der Waals surface area contributed by atoms with Crippen molar-refractivity contribution in [2.45, 2.75) is 16.7 Å². The Balaban J connectivity index is 2.27. The summed E-state index contributed by atoms with van der Waals surface area (Å²) in [5.41, 5.74) is 0. The molecule has 0 aromatic carbocycles. The molecule has 0 spiro atoms. The summed E-state index contributed by atoms with van der Waals surface area (Å²) in [4.78, 5) is 0. The van der Waals surface area contributed by atoms with Gasteiger partial charge in [0.15, 0.2) is 0 Å². The number of rotatable bonds is 2. The first-order valence-electron chi connectivity index (χ1n) is 4.44. The van der Waals surface area contributed by atoms with Gasteiger partial charge < -0.3 is 5.11 Å². The van der Waals surface area contributed by atoms with Gasteiger partial charge in [-0.15, -0.1) is 11.3 Å². The lowest BCUT2D eigenvalue weighted by atomic mass is 10.3. The van der Waals surface area contributed by atoms with Crippen molar-refractivity contribution in [3.05, 3.63) is 15.9 Å². The maximum Gasteiger partial charge on any atom is 0.252 e. The fraction of sp³-hybridized carbons (Fsp3) is 0.500. The van der Waals surface area contributed by atoms with Gasteiger partial charge in [-0.1, -0.05) is 0 Å². The Hall–Kier alpha value is 0.0500. The number of thiophene rings is 1. The fourth-order valence-corrected chi connectivity index (χ4v) is 5.15. The highest BCUT2D eigenvalue weighted by atomic mass is 79.9. The monoisotopic (exact) mass is 311 g/mol. The number of sulfonamides is 1. The molecule has 0 saturated carbocycles. The highest BCUT2D eigenvalue weighted by molar-refractivity contribution is 9.11. The molecule has 2 heterocycles. The molecule has 84 valence electrons. The van der Waals surface area contributed by atoms with E-state index >= 15 is 0 Å². The van der Waals surface area contributed by atoms with E-state index in [0.717, 1.165) is 3.79 Å². The van der Waals surface area contributed by atoms with Crippen LogP contribution in [0.4, 0.5) is 0 Å². The highest BCUT2D eigenvalue weighted by Crippen LogP contribution is 2.29. The van der Waals surface area contributed by atoms with Gasteiger partial charge in [0.1, 0.15) is 4.21 Å². The quantitative estimate of drug-likeness (QED) is 0.894. The minimum Gasteiger partial charge on any atom is -0.392 e. The van der Waals surface area contributed by atoms with Crippen molar-refractivity contribution in [3.63, 3.8) is 0 Å². The molecule has 1 aromatic heterocycles. The third-order valence-corrected chi connectivity index (χ3v) is 6.23. The Morgan fingerprint density at radius 2 is 2.27 bits per heavy atom. The Kier molecular flexibility index (Phi) is 3.18. The van der Waals surface area contributed by atoms with Crippen LogP contribution in [0, 0.1) is 0 Å². The smallest absolute Gasteiger partial charge is 0.252 e. The van der Waals surface area contributed by atoms with Gasteiger partial charge in [0.2, 0.25) is 0 Å². The molecule has 4 nitrogen and oxygen atoms in total. The van der Waals surface area contributed by atoms with Crippen LogP contribution in [0.2, 0.25) is 0 Å². The van der Waals surface area contributed by atoms with Crippen molar-refractivity contribution in [1.29, 1.82) is 0 Å². The van der Waals surface area contributed by atoms with Crippen LogP contribution in [0.25, 0.3) is 0 Å². The molecule has 0 radical (unpaired) electrons. The van der Waals surface area contributed by atoms with E-state index in [4.69, 9.17) is 0 Å². The summed E-state index contributed by atoms with van der Waals surface area (Å²) in [5.74, 6) is 0. The van der Waals surface area contributed by atoms with Crippen LogP contribution >= 0.6 is 27.3 Å². The lowest BCUT2D eigenvalue weighted by Crippen LogP contribution is -2.29. The van der Waals surface area contributed by atoms with Gasteiger partial charge in [0.25, 0.3) is 10.0 Å². The van der Waals surface area contributed by atoms with E-state index in [-0.39, 0.29) is 6.54 Å². The molecule has 1 aromatic rings. The Morgan fingerprint density at radius 1 is 1.53 bits per heavy atom. The maximum atomic E-state index is 12.0. The second-order valence-electron chi connectivity index (χ2n) is 3.36. The zero-order chi connectivity index (χ0) is 11.1. The molecule has 0 amide bonds. The van der Waals surface area contributed by atoms with Crippen LogP contribution in [0.5, 0.6) is 0 Å². The van der Waals surface area contributed by atoms with E-state index in [1.165, 1.54) is 15.6 Å². The van der Waals surface area contributed by atoms with E-state index in [1.54, 1.807) is 12.1 Å². The molecular weight excluding hydrogens is 302 g/mol. The van der Waals surface area contributed by atoms with Crippen molar-refractivity contribution in [2.24, 2.45) is 0 Å². The van der Waals surface area contributed by atoms with Crippen molar-refractivity contribution in [1.82, 2.24) is 4.31 Å². The Labute approximate surface area is 101 Å². The zero-order valence-corrected chi connectivity index (χ0v) is 11.0. The van der Waals surface area contributed by atoms with Crippen molar-refractivity contribution in [3.8, 4) is 0 Å². The SMILES string of the molecule is O=S(=O)(c1ccc(Br)s1)N1CCC(O)C1. The summed E-state index contributed by atoms with van der Waals surface area (Å²) in [6.45, 7) is 0.608. The first-order chi connectivity index (χ1) is 7.00. The summed E-state index contributed by atoms with van der Waals surface area (Å²) in [6.07, 6.45) is -0.00522. The zero-order valence-electron chi connectivity index (χ0n) is 7.76. The molecule has 1 saturated heterocycles. The number of β-amino-alcohol motifs (C(OH)–C–C–N with tert-alkyl or cyclic N) is 1. The minimum atomic E-state index is -3.39. The van der Waals surface area contributed by atoms with Crippen LogP contribution in [0.15, 0.2) is 20.1 Å². The van der Waals surface area contributed by atoms with Crippen molar-refractivity contribution >= 4 is 37.3 Å². The van der Waals surface area contributed by atoms with E-state index in [2.05, 4.69) is 15.9 Å². The Morgan fingerprint density at radius 3 is 2.73 bits per heavy atom. The predicted octanol–water partition coefficient (Wildman–Crippen LogP) is 1.27. The molecule has 2 rings (SSSR count). The molecule has 15 heavy (non-hydrogen) atoms. The predicted molar refractivity (Wildman–Crippen MR) is 61.4 cm³/mol. The molecule has 7 heteroatoms. The highest BCUT2D eigenvalue weighted by Gasteiger charge is 2.32. The van der Waals surface area contributed by atoms with E-state index < -0.39 is 16.1 Å². The summed E-state index contributed by atoms with van der Waals surface area (Å²) in [6, 6.07) is 3.29. The van der Waals surface area contributed by atoms with Gasteiger partial charge in [-0.25, -0.2) is 8.42 Å². The second-order valence-corrected chi connectivity index (χ2v) is 7.99. The number of nitrogens with zero attached hydrogens (tertiary/aromatic N) is 1. The van der Waals surface area contributed by atoms with Gasteiger partial charge in [0.05, 0.1) is 9.89 Å².